The summed E-state index contributed by atoms with van der Waals surface area (Å²) in [5, 5.41) is 16.8. The summed E-state index contributed by atoms with van der Waals surface area (Å²) in [5.41, 5.74) is 1.75. The standard InChI is InChI=1S/C16H19NO3S/c1-11(13-7-8-21-10-13)16(19)17-9-15(18)12-3-5-14(20-2)6-4-12/h3-8,10-11,15,18H,9H2,1-2H3,(H,17,19). The minimum Gasteiger partial charge on any atom is -0.497 e. The van der Waals surface area contributed by atoms with Crippen LogP contribution < -0.4 is 10.1 Å². The molecule has 1 aromatic carbocycles. The maximum absolute atomic E-state index is 12.0. The lowest BCUT2D eigenvalue weighted by Gasteiger charge is -2.15. The van der Waals surface area contributed by atoms with Gasteiger partial charge in [0.15, 0.2) is 0 Å². The second kappa shape index (κ2) is 7.24. The highest BCUT2D eigenvalue weighted by molar-refractivity contribution is 7.08. The molecule has 0 spiro atoms. The molecule has 0 bridgehead atoms. The first-order chi connectivity index (χ1) is 10.1. The number of ether oxygens (including phenoxy) is 1. The van der Waals surface area contributed by atoms with Crippen LogP contribution in [0.4, 0.5) is 0 Å². The molecule has 0 radical (unpaired) electrons. The Morgan fingerprint density at radius 2 is 2.00 bits per heavy atom. The van der Waals surface area contributed by atoms with Crippen molar-refractivity contribution in [3.8, 4) is 5.75 Å². The van der Waals surface area contributed by atoms with Gasteiger partial charge < -0.3 is 15.2 Å². The largest absolute Gasteiger partial charge is 0.497 e. The predicted octanol–water partition coefficient (Wildman–Crippen LogP) is 2.71. The van der Waals surface area contributed by atoms with E-state index in [2.05, 4.69) is 5.32 Å². The summed E-state index contributed by atoms with van der Waals surface area (Å²) in [4.78, 5) is 12.0. The molecule has 112 valence electrons. The molecule has 0 saturated heterocycles. The molecule has 0 aliphatic carbocycles. The molecule has 0 aliphatic heterocycles. The molecule has 2 rings (SSSR count). The number of aliphatic hydroxyl groups excluding tert-OH is 1. The summed E-state index contributed by atoms with van der Waals surface area (Å²) in [6, 6.07) is 9.09. The maximum Gasteiger partial charge on any atom is 0.227 e. The zero-order valence-electron chi connectivity index (χ0n) is 12.1. The fourth-order valence-electron chi connectivity index (χ4n) is 1.97. The van der Waals surface area contributed by atoms with Gasteiger partial charge in [0.2, 0.25) is 5.91 Å². The van der Waals surface area contributed by atoms with Crippen LogP contribution in [-0.4, -0.2) is 24.7 Å². The number of aliphatic hydroxyl groups is 1. The summed E-state index contributed by atoms with van der Waals surface area (Å²) >= 11 is 1.57. The third-order valence-electron chi connectivity index (χ3n) is 3.41. The molecule has 5 heteroatoms. The van der Waals surface area contributed by atoms with Crippen LogP contribution in [0.5, 0.6) is 5.75 Å². The van der Waals surface area contributed by atoms with Gasteiger partial charge in [-0.2, -0.15) is 11.3 Å². The first-order valence-corrected chi connectivity index (χ1v) is 7.68. The van der Waals surface area contributed by atoms with E-state index in [1.165, 1.54) is 0 Å². The maximum atomic E-state index is 12.0. The summed E-state index contributed by atoms with van der Waals surface area (Å²) in [6.45, 7) is 2.05. The topological polar surface area (TPSA) is 58.6 Å². The van der Waals surface area contributed by atoms with E-state index in [4.69, 9.17) is 4.74 Å². The van der Waals surface area contributed by atoms with Crippen molar-refractivity contribution in [1.82, 2.24) is 5.32 Å². The van der Waals surface area contributed by atoms with Crippen molar-refractivity contribution in [2.24, 2.45) is 0 Å². The van der Waals surface area contributed by atoms with Gasteiger partial charge in [-0.05, 0) is 47.0 Å². The number of benzene rings is 1. The Bertz CT molecular complexity index is 566. The molecule has 0 saturated carbocycles. The van der Waals surface area contributed by atoms with Gasteiger partial charge in [0.05, 0.1) is 19.1 Å². The van der Waals surface area contributed by atoms with E-state index in [0.717, 1.165) is 16.9 Å². The van der Waals surface area contributed by atoms with Crippen LogP contribution in [0.1, 0.15) is 30.1 Å². The minimum absolute atomic E-state index is 0.0824. The number of methoxy groups -OCH3 is 1. The van der Waals surface area contributed by atoms with Crippen LogP contribution >= 0.6 is 11.3 Å². The van der Waals surface area contributed by atoms with Gasteiger partial charge in [0, 0.05) is 6.54 Å². The van der Waals surface area contributed by atoms with Crippen molar-refractivity contribution < 1.29 is 14.6 Å². The van der Waals surface area contributed by atoms with Gasteiger partial charge >= 0.3 is 0 Å². The third-order valence-corrected chi connectivity index (χ3v) is 4.11. The van der Waals surface area contributed by atoms with Crippen LogP contribution in [0.2, 0.25) is 0 Å². The molecule has 0 fully saturated rings. The minimum atomic E-state index is -0.727. The smallest absolute Gasteiger partial charge is 0.227 e. The average molecular weight is 305 g/mol. The molecule has 1 aromatic heterocycles. The van der Waals surface area contributed by atoms with Gasteiger partial charge in [-0.1, -0.05) is 12.1 Å². The van der Waals surface area contributed by atoms with Crippen LogP contribution in [0.15, 0.2) is 41.1 Å². The Balaban J connectivity index is 1.88. The Morgan fingerprint density at radius 1 is 1.29 bits per heavy atom. The Kier molecular flexibility index (Phi) is 5.36. The summed E-state index contributed by atoms with van der Waals surface area (Å²) in [5.74, 6) is 0.446. The number of carbonyl (C=O) groups excluding carboxylic acids is 1. The number of hydrogen-bond donors (Lipinski definition) is 2. The molecule has 2 atom stereocenters. The molecule has 2 aromatic rings. The first-order valence-electron chi connectivity index (χ1n) is 6.73. The van der Waals surface area contributed by atoms with Gasteiger partial charge in [-0.15, -0.1) is 0 Å². The lowest BCUT2D eigenvalue weighted by molar-refractivity contribution is -0.122. The number of thiophene rings is 1. The highest BCUT2D eigenvalue weighted by Crippen LogP contribution is 2.19. The number of rotatable bonds is 6. The third kappa shape index (κ3) is 4.06. The quantitative estimate of drug-likeness (QED) is 0.862. The Hall–Kier alpha value is -1.85. The van der Waals surface area contributed by atoms with Crippen LogP contribution in [-0.2, 0) is 4.79 Å². The van der Waals surface area contributed by atoms with Gasteiger partial charge in [0.25, 0.3) is 0 Å². The molecule has 4 nitrogen and oxygen atoms in total. The lowest BCUT2D eigenvalue weighted by atomic mass is 10.0. The second-order valence-electron chi connectivity index (χ2n) is 4.81. The second-order valence-corrected chi connectivity index (χ2v) is 5.59. The zero-order chi connectivity index (χ0) is 15.2. The lowest BCUT2D eigenvalue weighted by Crippen LogP contribution is -2.31. The van der Waals surface area contributed by atoms with E-state index in [1.807, 2.05) is 23.8 Å². The van der Waals surface area contributed by atoms with Crippen LogP contribution in [0.3, 0.4) is 0 Å². The van der Waals surface area contributed by atoms with Crippen LogP contribution in [0, 0.1) is 0 Å². The van der Waals surface area contributed by atoms with Gasteiger partial charge in [0.1, 0.15) is 5.75 Å². The highest BCUT2D eigenvalue weighted by atomic mass is 32.1. The number of hydrogen-bond acceptors (Lipinski definition) is 4. The summed E-state index contributed by atoms with van der Waals surface area (Å²) in [7, 11) is 1.59. The monoisotopic (exact) mass is 305 g/mol. The van der Waals surface area contributed by atoms with Crippen molar-refractivity contribution in [3.05, 3.63) is 52.2 Å². The fourth-order valence-corrected chi connectivity index (χ4v) is 2.72. The Labute approximate surface area is 128 Å². The summed E-state index contributed by atoms with van der Waals surface area (Å²) in [6.07, 6.45) is -0.727. The van der Waals surface area contributed by atoms with E-state index in [-0.39, 0.29) is 18.4 Å². The predicted molar refractivity (Wildman–Crippen MR) is 83.7 cm³/mol. The van der Waals surface area contributed by atoms with E-state index >= 15 is 0 Å². The van der Waals surface area contributed by atoms with Gasteiger partial charge in [-0.25, -0.2) is 0 Å². The van der Waals surface area contributed by atoms with E-state index in [1.54, 1.807) is 42.7 Å². The highest BCUT2D eigenvalue weighted by Gasteiger charge is 2.17. The molecule has 1 heterocycles. The number of carbonyl (C=O) groups is 1. The Morgan fingerprint density at radius 3 is 2.57 bits per heavy atom. The molecule has 21 heavy (non-hydrogen) atoms. The van der Waals surface area contributed by atoms with Crippen molar-refractivity contribution in [3.63, 3.8) is 0 Å². The molecule has 2 unspecified atom stereocenters. The van der Waals surface area contributed by atoms with Crippen molar-refractivity contribution >= 4 is 17.2 Å². The summed E-state index contributed by atoms with van der Waals surface area (Å²) < 4.78 is 5.07. The van der Waals surface area contributed by atoms with Gasteiger partial charge in [-0.3, -0.25) is 4.79 Å². The van der Waals surface area contributed by atoms with Crippen LogP contribution in [0.25, 0.3) is 0 Å². The van der Waals surface area contributed by atoms with E-state index < -0.39 is 6.10 Å². The molecular formula is C16H19NO3S. The fraction of sp³-hybridized carbons (Fsp3) is 0.312. The molecule has 0 aliphatic rings. The zero-order valence-corrected chi connectivity index (χ0v) is 12.9. The van der Waals surface area contributed by atoms with Crippen molar-refractivity contribution in [1.29, 1.82) is 0 Å². The van der Waals surface area contributed by atoms with E-state index in [0.29, 0.717) is 0 Å². The molecule has 2 N–H and O–H groups in total. The SMILES string of the molecule is COc1ccc(C(O)CNC(=O)C(C)c2ccsc2)cc1. The molecular weight excluding hydrogens is 286 g/mol. The van der Waals surface area contributed by atoms with E-state index in [9.17, 15) is 9.90 Å². The normalized spacial score (nSPS) is 13.5. The van der Waals surface area contributed by atoms with Crippen molar-refractivity contribution in [2.75, 3.05) is 13.7 Å². The number of amides is 1. The number of nitrogens with one attached hydrogen (secondary N) is 1. The molecule has 1 amide bonds. The van der Waals surface area contributed by atoms with Crippen molar-refractivity contribution in [2.45, 2.75) is 18.9 Å². The first kappa shape index (κ1) is 15.5. The average Bonchev–Trinajstić information content (AvgIpc) is 3.06.